The van der Waals surface area contributed by atoms with Crippen LogP contribution in [-0.4, -0.2) is 15.8 Å². The molecule has 3 aromatic heterocycles. The van der Waals surface area contributed by atoms with Crippen LogP contribution in [0.25, 0.3) is 21.5 Å². The summed E-state index contributed by atoms with van der Waals surface area (Å²) in [5, 5.41) is 10.5. The molecule has 1 N–H and O–H groups in total. The first-order valence-electron chi connectivity index (χ1n) is 9.27. The number of hydrogen-bond donors (Lipinski definition) is 1. The van der Waals surface area contributed by atoms with Crippen LogP contribution in [0, 0.1) is 0 Å². The highest BCUT2D eigenvalue weighted by Gasteiger charge is 2.08. The van der Waals surface area contributed by atoms with Crippen LogP contribution in [0.15, 0.2) is 88.8 Å². The zero-order valence-electron chi connectivity index (χ0n) is 15.5. The number of hydrogen-bond acceptors (Lipinski definition) is 5. The molecule has 0 saturated carbocycles. The molecule has 3 heterocycles. The molecule has 0 atom stereocenters. The molecule has 5 aromatic rings. The lowest BCUT2D eigenvalue weighted by molar-refractivity contribution is 0.836. The van der Waals surface area contributed by atoms with Gasteiger partial charge in [0.05, 0.1) is 16.8 Å². The van der Waals surface area contributed by atoms with E-state index >= 15 is 0 Å². The molecule has 0 fully saturated rings. The summed E-state index contributed by atoms with van der Waals surface area (Å²) in [6, 6.07) is 23.0. The minimum Gasteiger partial charge on any atom is -0.342 e. The molecule has 0 saturated heterocycles. The Kier molecular flexibility index (Phi) is 4.94. The molecule has 0 unspecified atom stereocenters. The molecule has 4 nitrogen and oxygen atoms in total. The predicted molar refractivity (Wildman–Crippen MR) is 124 cm³/mol. The molecule has 0 aliphatic heterocycles. The van der Waals surface area contributed by atoms with E-state index in [1.54, 1.807) is 22.7 Å². The number of thiophene rings is 1. The Morgan fingerprint density at radius 1 is 0.966 bits per heavy atom. The lowest BCUT2D eigenvalue weighted by atomic mass is 10.2. The summed E-state index contributed by atoms with van der Waals surface area (Å²) >= 11 is 3.25. The highest BCUT2D eigenvalue weighted by molar-refractivity contribution is 7.15. The van der Waals surface area contributed by atoms with Gasteiger partial charge < -0.3 is 4.57 Å². The van der Waals surface area contributed by atoms with Crippen molar-refractivity contribution in [1.29, 1.82) is 0 Å². The molecular weight excluding hydrogens is 396 g/mol. The Morgan fingerprint density at radius 3 is 2.69 bits per heavy atom. The molecule has 5 rings (SSSR count). The van der Waals surface area contributed by atoms with Gasteiger partial charge in [-0.05, 0) is 23.1 Å². The molecule has 2 aromatic carbocycles. The van der Waals surface area contributed by atoms with Crippen molar-refractivity contribution >= 4 is 44.9 Å². The summed E-state index contributed by atoms with van der Waals surface area (Å²) in [6.45, 7) is 0.833. The van der Waals surface area contributed by atoms with Crippen LogP contribution in [0.4, 0.5) is 5.13 Å². The number of fused-ring (bicyclic) bond motifs is 1. The first-order chi connectivity index (χ1) is 14.4. The second-order valence-corrected chi connectivity index (χ2v) is 8.41. The minimum absolute atomic E-state index is 0.790. The van der Waals surface area contributed by atoms with Crippen LogP contribution in [0.3, 0.4) is 0 Å². The quantitative estimate of drug-likeness (QED) is 0.261. The van der Waals surface area contributed by atoms with Crippen molar-refractivity contribution < 1.29 is 0 Å². The third-order valence-corrected chi connectivity index (χ3v) is 6.30. The summed E-state index contributed by atoms with van der Waals surface area (Å²) in [7, 11) is 0. The lowest BCUT2D eigenvalue weighted by Crippen LogP contribution is -1.97. The summed E-state index contributed by atoms with van der Waals surface area (Å²) in [6.07, 6.45) is 4.03. The average molecular weight is 415 g/mol. The first kappa shape index (κ1) is 17.8. The van der Waals surface area contributed by atoms with Gasteiger partial charge in [0.1, 0.15) is 0 Å². The van der Waals surface area contributed by atoms with Gasteiger partial charge in [-0.3, -0.25) is 5.43 Å². The van der Waals surface area contributed by atoms with Gasteiger partial charge in [-0.1, -0.05) is 54.6 Å². The number of anilines is 1. The van der Waals surface area contributed by atoms with E-state index in [1.165, 1.54) is 21.3 Å². The standard InChI is InChI=1S/C23H18N4S2/c1-2-7-17(8-3-1)14-27-15-18(19-9-4-5-10-21(19)27)13-24-26-23-25-20(16-29-23)22-11-6-12-28-22/h1-13,15-16H,14H2,(H,25,26)/b24-13-. The number of rotatable bonds is 6. The van der Waals surface area contributed by atoms with Crippen molar-refractivity contribution in [1.82, 2.24) is 9.55 Å². The molecule has 6 heteroatoms. The molecule has 29 heavy (non-hydrogen) atoms. The van der Waals surface area contributed by atoms with Crippen molar-refractivity contribution in [2.45, 2.75) is 6.54 Å². The number of aromatic nitrogens is 2. The number of thiazole rings is 1. The van der Waals surface area contributed by atoms with Gasteiger partial charge in [0.15, 0.2) is 0 Å². The van der Waals surface area contributed by atoms with Crippen molar-refractivity contribution in [2.75, 3.05) is 5.43 Å². The Labute approximate surface area is 176 Å². The van der Waals surface area contributed by atoms with E-state index in [-0.39, 0.29) is 0 Å². The van der Waals surface area contributed by atoms with Gasteiger partial charge in [-0.15, -0.1) is 22.7 Å². The molecule has 0 aliphatic carbocycles. The SMILES string of the molecule is C(=N/Nc1nc(-c2cccs2)cs1)/c1cn(Cc2ccccc2)c2ccccc12. The smallest absolute Gasteiger partial charge is 0.203 e. The molecule has 0 radical (unpaired) electrons. The highest BCUT2D eigenvalue weighted by Crippen LogP contribution is 2.28. The Balaban J connectivity index is 1.37. The van der Waals surface area contributed by atoms with Gasteiger partial charge in [0.25, 0.3) is 0 Å². The fourth-order valence-electron chi connectivity index (χ4n) is 3.31. The monoisotopic (exact) mass is 414 g/mol. The molecule has 0 aliphatic rings. The van der Waals surface area contributed by atoms with Gasteiger partial charge in [-0.2, -0.15) is 5.10 Å². The van der Waals surface area contributed by atoms with Gasteiger partial charge in [0, 0.05) is 34.6 Å². The Bertz CT molecular complexity index is 1250. The second kappa shape index (κ2) is 8.03. The van der Waals surface area contributed by atoms with Gasteiger partial charge >= 0.3 is 0 Å². The van der Waals surface area contributed by atoms with Crippen LogP contribution in [0.1, 0.15) is 11.1 Å². The average Bonchev–Trinajstić information content (AvgIpc) is 3.50. The third kappa shape index (κ3) is 3.85. The van der Waals surface area contributed by atoms with E-state index in [1.807, 2.05) is 18.3 Å². The summed E-state index contributed by atoms with van der Waals surface area (Å²) in [4.78, 5) is 5.77. The number of nitrogens with one attached hydrogen (secondary N) is 1. The van der Waals surface area contributed by atoms with E-state index in [0.717, 1.165) is 22.9 Å². The summed E-state index contributed by atoms with van der Waals surface area (Å²) in [5.74, 6) is 0. The minimum atomic E-state index is 0.790. The maximum absolute atomic E-state index is 4.61. The first-order valence-corrected chi connectivity index (χ1v) is 11.0. The van der Waals surface area contributed by atoms with Crippen LogP contribution in [-0.2, 0) is 6.54 Å². The second-order valence-electron chi connectivity index (χ2n) is 6.60. The number of benzene rings is 2. The Morgan fingerprint density at radius 2 is 1.83 bits per heavy atom. The van der Waals surface area contributed by atoms with E-state index < -0.39 is 0 Å². The van der Waals surface area contributed by atoms with E-state index in [4.69, 9.17) is 0 Å². The van der Waals surface area contributed by atoms with Crippen LogP contribution in [0.5, 0.6) is 0 Å². The summed E-state index contributed by atoms with van der Waals surface area (Å²) < 4.78 is 2.27. The van der Waals surface area contributed by atoms with Crippen molar-refractivity contribution in [2.24, 2.45) is 5.10 Å². The maximum atomic E-state index is 4.61. The van der Waals surface area contributed by atoms with E-state index in [0.29, 0.717) is 0 Å². The molecule has 0 spiro atoms. The normalized spacial score (nSPS) is 11.4. The zero-order chi connectivity index (χ0) is 19.5. The molecule has 0 amide bonds. The third-order valence-electron chi connectivity index (χ3n) is 4.66. The van der Waals surface area contributed by atoms with E-state index in [9.17, 15) is 0 Å². The van der Waals surface area contributed by atoms with Gasteiger partial charge in [-0.25, -0.2) is 4.98 Å². The van der Waals surface area contributed by atoms with Crippen LogP contribution >= 0.6 is 22.7 Å². The number of para-hydroxylation sites is 1. The van der Waals surface area contributed by atoms with Crippen molar-refractivity contribution in [3.05, 3.63) is 94.8 Å². The topological polar surface area (TPSA) is 42.2 Å². The maximum Gasteiger partial charge on any atom is 0.203 e. The fourth-order valence-corrected chi connectivity index (χ4v) is 4.73. The van der Waals surface area contributed by atoms with Crippen molar-refractivity contribution in [3.8, 4) is 10.6 Å². The van der Waals surface area contributed by atoms with Crippen molar-refractivity contribution in [3.63, 3.8) is 0 Å². The fraction of sp³-hybridized carbons (Fsp3) is 0.0435. The summed E-state index contributed by atoms with van der Waals surface area (Å²) in [5.41, 5.74) is 7.62. The lowest BCUT2D eigenvalue weighted by Gasteiger charge is -2.05. The number of nitrogens with zero attached hydrogens (tertiary/aromatic N) is 3. The molecular formula is C23H18N4S2. The molecule has 142 valence electrons. The van der Waals surface area contributed by atoms with E-state index in [2.05, 4.69) is 91.6 Å². The van der Waals surface area contributed by atoms with Gasteiger partial charge in [0.2, 0.25) is 5.13 Å². The molecule has 0 bridgehead atoms. The Hall–Kier alpha value is -3.22. The van der Waals surface area contributed by atoms with Crippen LogP contribution in [0.2, 0.25) is 0 Å². The van der Waals surface area contributed by atoms with Crippen LogP contribution < -0.4 is 5.43 Å². The highest BCUT2D eigenvalue weighted by atomic mass is 32.1. The number of hydrazone groups is 1. The predicted octanol–water partition coefficient (Wildman–Crippen LogP) is 6.32. The zero-order valence-corrected chi connectivity index (χ0v) is 17.2. The largest absolute Gasteiger partial charge is 0.342 e.